The minimum Gasteiger partial charge on any atom is -0.469 e. The lowest BCUT2D eigenvalue weighted by Gasteiger charge is -2.22. The molecule has 4 heteroatoms. The van der Waals surface area contributed by atoms with E-state index in [1.807, 2.05) is 23.1 Å². The number of benzene rings is 1. The molecule has 1 heterocycles. The SMILES string of the molecule is COC(=O)CCC(=O)N1CCCCc2ccccc21. The molecule has 0 saturated heterocycles. The Labute approximate surface area is 113 Å². The van der Waals surface area contributed by atoms with Gasteiger partial charge in [-0.3, -0.25) is 9.59 Å². The number of carbonyl (C=O) groups excluding carboxylic acids is 2. The molecule has 102 valence electrons. The molecule has 0 spiro atoms. The molecule has 0 saturated carbocycles. The van der Waals surface area contributed by atoms with Crippen LogP contribution in [0.5, 0.6) is 0 Å². The minimum atomic E-state index is -0.337. The Morgan fingerprint density at radius 3 is 2.79 bits per heavy atom. The molecular formula is C15H19NO3. The van der Waals surface area contributed by atoms with Crippen LogP contribution in [0.4, 0.5) is 5.69 Å². The second-order valence-electron chi connectivity index (χ2n) is 4.71. The zero-order valence-corrected chi connectivity index (χ0v) is 11.2. The van der Waals surface area contributed by atoms with E-state index in [1.54, 1.807) is 0 Å². The van der Waals surface area contributed by atoms with E-state index >= 15 is 0 Å². The lowest BCUT2D eigenvalue weighted by Crippen LogP contribution is -2.32. The molecule has 0 atom stereocenters. The Morgan fingerprint density at radius 2 is 2.00 bits per heavy atom. The van der Waals surface area contributed by atoms with Gasteiger partial charge in [0.2, 0.25) is 5.91 Å². The molecule has 4 nitrogen and oxygen atoms in total. The summed E-state index contributed by atoms with van der Waals surface area (Å²) in [5.41, 5.74) is 2.21. The van der Waals surface area contributed by atoms with Gasteiger partial charge in [-0.15, -0.1) is 0 Å². The maximum absolute atomic E-state index is 12.3. The third-order valence-electron chi connectivity index (χ3n) is 3.43. The van der Waals surface area contributed by atoms with Gasteiger partial charge in [0.1, 0.15) is 0 Å². The quantitative estimate of drug-likeness (QED) is 0.784. The van der Waals surface area contributed by atoms with E-state index in [2.05, 4.69) is 10.8 Å². The number of rotatable bonds is 3. The highest BCUT2D eigenvalue weighted by molar-refractivity contribution is 5.95. The fourth-order valence-corrected chi connectivity index (χ4v) is 2.40. The first-order valence-corrected chi connectivity index (χ1v) is 6.67. The van der Waals surface area contributed by atoms with E-state index < -0.39 is 0 Å². The molecule has 1 aliphatic heterocycles. The van der Waals surface area contributed by atoms with Crippen molar-refractivity contribution in [2.45, 2.75) is 32.1 Å². The van der Waals surface area contributed by atoms with Crippen LogP contribution < -0.4 is 4.90 Å². The maximum Gasteiger partial charge on any atom is 0.306 e. The number of methoxy groups -OCH3 is 1. The molecule has 0 bridgehead atoms. The van der Waals surface area contributed by atoms with Crippen LogP contribution in [-0.4, -0.2) is 25.5 Å². The van der Waals surface area contributed by atoms with E-state index in [0.29, 0.717) is 0 Å². The van der Waals surface area contributed by atoms with Crippen LogP contribution in [0.15, 0.2) is 24.3 Å². The van der Waals surface area contributed by atoms with Gasteiger partial charge in [-0.1, -0.05) is 18.2 Å². The number of carbonyl (C=O) groups is 2. The van der Waals surface area contributed by atoms with Gasteiger partial charge in [0.25, 0.3) is 0 Å². The minimum absolute atomic E-state index is 0.000231. The van der Waals surface area contributed by atoms with Crippen molar-refractivity contribution in [1.29, 1.82) is 0 Å². The van der Waals surface area contributed by atoms with Crippen LogP contribution >= 0.6 is 0 Å². The van der Waals surface area contributed by atoms with Crippen LogP contribution in [0.1, 0.15) is 31.2 Å². The van der Waals surface area contributed by atoms with Gasteiger partial charge in [0.15, 0.2) is 0 Å². The van der Waals surface area contributed by atoms with Crippen LogP contribution in [0.25, 0.3) is 0 Å². The molecular weight excluding hydrogens is 242 g/mol. The fourth-order valence-electron chi connectivity index (χ4n) is 2.40. The Morgan fingerprint density at radius 1 is 1.21 bits per heavy atom. The fraction of sp³-hybridized carbons (Fsp3) is 0.467. The summed E-state index contributed by atoms with van der Waals surface area (Å²) in [7, 11) is 1.34. The zero-order valence-electron chi connectivity index (χ0n) is 11.2. The number of nitrogens with zero attached hydrogens (tertiary/aromatic N) is 1. The first kappa shape index (κ1) is 13.6. The molecule has 19 heavy (non-hydrogen) atoms. The van der Waals surface area contributed by atoms with Gasteiger partial charge in [0.05, 0.1) is 13.5 Å². The number of para-hydroxylation sites is 1. The van der Waals surface area contributed by atoms with Gasteiger partial charge in [-0.2, -0.15) is 0 Å². The van der Waals surface area contributed by atoms with Crippen LogP contribution in [-0.2, 0) is 20.7 Å². The van der Waals surface area contributed by atoms with Crippen LogP contribution in [0, 0.1) is 0 Å². The Kier molecular flexibility index (Phi) is 4.55. The van der Waals surface area contributed by atoms with E-state index in [9.17, 15) is 9.59 Å². The summed E-state index contributed by atoms with van der Waals surface area (Å²) in [5.74, 6) is -0.337. The summed E-state index contributed by atoms with van der Waals surface area (Å²) in [4.78, 5) is 25.2. The van der Waals surface area contributed by atoms with Gasteiger partial charge in [-0.05, 0) is 30.9 Å². The monoisotopic (exact) mass is 261 g/mol. The van der Waals surface area contributed by atoms with Crippen molar-refractivity contribution < 1.29 is 14.3 Å². The molecule has 0 aromatic heterocycles. The van der Waals surface area contributed by atoms with Crippen molar-refractivity contribution in [3.63, 3.8) is 0 Å². The number of aryl methyl sites for hydroxylation is 1. The van der Waals surface area contributed by atoms with Crippen LogP contribution in [0.3, 0.4) is 0 Å². The Hall–Kier alpha value is -1.84. The van der Waals surface area contributed by atoms with Gasteiger partial charge >= 0.3 is 5.97 Å². The molecule has 1 aromatic rings. The van der Waals surface area contributed by atoms with Crippen molar-refractivity contribution in [3.05, 3.63) is 29.8 Å². The highest BCUT2D eigenvalue weighted by Crippen LogP contribution is 2.26. The summed E-state index contributed by atoms with van der Waals surface area (Å²) in [6.07, 6.45) is 3.46. The molecule has 1 amide bonds. The van der Waals surface area contributed by atoms with Crippen molar-refractivity contribution in [2.24, 2.45) is 0 Å². The Balaban J connectivity index is 2.10. The van der Waals surface area contributed by atoms with Crippen LogP contribution in [0.2, 0.25) is 0 Å². The summed E-state index contributed by atoms with van der Waals surface area (Å²) in [6.45, 7) is 0.733. The largest absolute Gasteiger partial charge is 0.469 e. The summed E-state index contributed by atoms with van der Waals surface area (Å²) in [5, 5.41) is 0. The van der Waals surface area contributed by atoms with Gasteiger partial charge < -0.3 is 9.64 Å². The molecule has 0 unspecified atom stereocenters. The molecule has 1 aromatic carbocycles. The number of ether oxygens (including phenoxy) is 1. The molecule has 1 aliphatic rings. The molecule has 0 aliphatic carbocycles. The lowest BCUT2D eigenvalue weighted by molar-refractivity contribution is -0.141. The highest BCUT2D eigenvalue weighted by Gasteiger charge is 2.21. The van der Waals surface area contributed by atoms with E-state index in [0.717, 1.165) is 31.5 Å². The first-order chi connectivity index (χ1) is 9.22. The van der Waals surface area contributed by atoms with Crippen molar-refractivity contribution >= 4 is 17.6 Å². The average molecular weight is 261 g/mol. The number of hydrogen-bond donors (Lipinski definition) is 0. The van der Waals surface area contributed by atoms with E-state index in [-0.39, 0.29) is 24.7 Å². The summed E-state index contributed by atoms with van der Waals surface area (Å²) in [6, 6.07) is 8.00. The highest BCUT2D eigenvalue weighted by atomic mass is 16.5. The second kappa shape index (κ2) is 6.36. The molecule has 0 fully saturated rings. The first-order valence-electron chi connectivity index (χ1n) is 6.67. The third kappa shape index (κ3) is 3.34. The van der Waals surface area contributed by atoms with Crippen molar-refractivity contribution in [3.8, 4) is 0 Å². The van der Waals surface area contributed by atoms with Crippen molar-refractivity contribution in [2.75, 3.05) is 18.6 Å². The summed E-state index contributed by atoms with van der Waals surface area (Å²) >= 11 is 0. The number of amides is 1. The topological polar surface area (TPSA) is 46.6 Å². The number of esters is 1. The summed E-state index contributed by atoms with van der Waals surface area (Å²) < 4.78 is 4.57. The molecule has 0 radical (unpaired) electrons. The Bertz CT molecular complexity index is 470. The number of fused-ring (bicyclic) bond motifs is 1. The van der Waals surface area contributed by atoms with E-state index in [1.165, 1.54) is 12.7 Å². The smallest absolute Gasteiger partial charge is 0.306 e. The maximum atomic E-state index is 12.3. The van der Waals surface area contributed by atoms with Crippen molar-refractivity contribution in [1.82, 2.24) is 0 Å². The number of anilines is 1. The standard InChI is InChI=1S/C15H19NO3/c1-19-15(18)10-9-14(17)16-11-5-4-7-12-6-2-3-8-13(12)16/h2-3,6,8H,4-5,7,9-11H2,1H3. The second-order valence-corrected chi connectivity index (χ2v) is 4.71. The third-order valence-corrected chi connectivity index (χ3v) is 3.43. The zero-order chi connectivity index (χ0) is 13.7. The van der Waals surface area contributed by atoms with Gasteiger partial charge in [0, 0.05) is 18.7 Å². The van der Waals surface area contributed by atoms with E-state index in [4.69, 9.17) is 0 Å². The number of hydrogen-bond acceptors (Lipinski definition) is 3. The van der Waals surface area contributed by atoms with Gasteiger partial charge in [-0.25, -0.2) is 0 Å². The normalized spacial score (nSPS) is 14.5. The average Bonchev–Trinajstić information content (AvgIpc) is 2.66. The predicted octanol–water partition coefficient (Wildman–Crippen LogP) is 2.31. The predicted molar refractivity (Wildman–Crippen MR) is 73.0 cm³/mol. The molecule has 0 N–H and O–H groups in total. The molecule has 2 rings (SSSR count). The lowest BCUT2D eigenvalue weighted by atomic mass is 10.1.